The molecule has 0 spiro atoms. The number of nitrogens with zero attached hydrogens (tertiary/aromatic N) is 4. The number of benzene rings is 2. The van der Waals surface area contributed by atoms with Crippen LogP contribution in [0.2, 0.25) is 0 Å². The number of nitro benzene ring substituents is 1. The SMILES string of the molecule is COc1ccc2c(ccn2CCCNC(=O)[C@@H]2Cc3cc([N+](=O)[O-])ccc3N3C[C@H]4C[C@@H](Cn5c4cccc5=O)[C@@H]23)c1. The van der Waals surface area contributed by atoms with E-state index in [2.05, 4.69) is 27.0 Å². The number of hydrogen-bond donors (Lipinski definition) is 1. The molecule has 5 heterocycles. The van der Waals surface area contributed by atoms with Crippen LogP contribution in [0.4, 0.5) is 11.4 Å². The summed E-state index contributed by atoms with van der Waals surface area (Å²) in [6.07, 6.45) is 4.17. The summed E-state index contributed by atoms with van der Waals surface area (Å²) in [5.41, 5.74) is 3.99. The predicted octanol–water partition coefficient (Wildman–Crippen LogP) is 4.09. The number of fused-ring (bicyclic) bond motifs is 9. The van der Waals surface area contributed by atoms with Crippen LogP contribution in [-0.4, -0.2) is 46.2 Å². The number of nitro groups is 1. The molecule has 4 atom stereocenters. The highest BCUT2D eigenvalue weighted by Gasteiger charge is 2.49. The van der Waals surface area contributed by atoms with E-state index in [-0.39, 0.29) is 45.9 Å². The fourth-order valence-electron chi connectivity index (χ4n) is 7.54. The van der Waals surface area contributed by atoms with Gasteiger partial charge in [0.15, 0.2) is 0 Å². The average molecular weight is 568 g/mol. The Hall–Kier alpha value is -4.60. The number of rotatable bonds is 7. The van der Waals surface area contributed by atoms with Crippen molar-refractivity contribution >= 4 is 28.2 Å². The Labute approximate surface area is 242 Å². The smallest absolute Gasteiger partial charge is 0.269 e. The summed E-state index contributed by atoms with van der Waals surface area (Å²) in [6.45, 7) is 2.53. The number of carbonyl (C=O) groups excluding carboxylic acids is 1. The van der Waals surface area contributed by atoms with Crippen LogP contribution < -0.4 is 20.5 Å². The number of non-ortho nitro benzene ring substituents is 1. The molecule has 1 saturated heterocycles. The van der Waals surface area contributed by atoms with Crippen LogP contribution in [-0.2, 0) is 24.3 Å². The number of methoxy groups -OCH3 is 1. The van der Waals surface area contributed by atoms with Crippen molar-refractivity contribution in [1.29, 1.82) is 0 Å². The molecule has 10 heteroatoms. The minimum Gasteiger partial charge on any atom is -0.497 e. The number of carbonyl (C=O) groups is 1. The first-order valence-corrected chi connectivity index (χ1v) is 14.6. The second-order valence-corrected chi connectivity index (χ2v) is 11.7. The Bertz CT molecular complexity index is 1760. The third-order valence-corrected chi connectivity index (χ3v) is 9.39. The molecule has 1 amide bonds. The quantitative estimate of drug-likeness (QED) is 0.205. The highest BCUT2D eigenvalue weighted by Crippen LogP contribution is 2.47. The molecule has 0 unspecified atom stereocenters. The van der Waals surface area contributed by atoms with Gasteiger partial charge in [-0.1, -0.05) is 6.07 Å². The first-order valence-electron chi connectivity index (χ1n) is 14.6. The molecule has 10 nitrogen and oxygen atoms in total. The van der Waals surface area contributed by atoms with Gasteiger partial charge < -0.3 is 24.1 Å². The first-order chi connectivity index (χ1) is 20.4. The first kappa shape index (κ1) is 26.3. The number of nitrogens with one attached hydrogen (secondary N) is 1. The van der Waals surface area contributed by atoms with E-state index in [1.165, 1.54) is 0 Å². The summed E-state index contributed by atoms with van der Waals surface area (Å²) in [4.78, 5) is 40.1. The number of amides is 1. The lowest BCUT2D eigenvalue weighted by Gasteiger charge is -2.54. The Kier molecular flexibility index (Phi) is 6.48. The monoisotopic (exact) mass is 567 g/mol. The van der Waals surface area contributed by atoms with Crippen LogP contribution in [0.15, 0.2) is 71.7 Å². The molecule has 2 aromatic carbocycles. The van der Waals surface area contributed by atoms with Crippen molar-refractivity contribution < 1.29 is 14.5 Å². The summed E-state index contributed by atoms with van der Waals surface area (Å²) in [5.74, 6) is 0.704. The van der Waals surface area contributed by atoms with Gasteiger partial charge in [-0.15, -0.1) is 0 Å². The number of hydrogen-bond acceptors (Lipinski definition) is 6. The van der Waals surface area contributed by atoms with Crippen molar-refractivity contribution in [2.24, 2.45) is 11.8 Å². The second kappa shape index (κ2) is 10.3. The van der Waals surface area contributed by atoms with Gasteiger partial charge in [-0.05, 0) is 67.1 Å². The zero-order valence-corrected chi connectivity index (χ0v) is 23.4. The van der Waals surface area contributed by atoms with Gasteiger partial charge in [0.2, 0.25) is 5.91 Å². The van der Waals surface area contributed by atoms with Crippen LogP contribution in [0.5, 0.6) is 5.75 Å². The van der Waals surface area contributed by atoms with Crippen molar-refractivity contribution in [1.82, 2.24) is 14.5 Å². The summed E-state index contributed by atoms with van der Waals surface area (Å²) in [5, 5.41) is 15.9. The molecule has 1 N–H and O–H groups in total. The van der Waals surface area contributed by atoms with Gasteiger partial charge in [-0.3, -0.25) is 19.7 Å². The molecule has 3 aliphatic heterocycles. The third kappa shape index (κ3) is 4.42. The minimum atomic E-state index is -0.379. The van der Waals surface area contributed by atoms with Gasteiger partial charge in [0.25, 0.3) is 11.2 Å². The second-order valence-electron chi connectivity index (χ2n) is 11.7. The zero-order valence-electron chi connectivity index (χ0n) is 23.4. The molecule has 0 saturated carbocycles. The molecule has 1 fully saturated rings. The van der Waals surface area contributed by atoms with E-state index < -0.39 is 0 Å². The third-order valence-electron chi connectivity index (χ3n) is 9.39. The number of aryl methyl sites for hydroxylation is 1. The Morgan fingerprint density at radius 2 is 2.00 bits per heavy atom. The van der Waals surface area contributed by atoms with E-state index in [1.54, 1.807) is 25.3 Å². The normalized spacial score (nSPS) is 22.2. The van der Waals surface area contributed by atoms with Crippen LogP contribution in [0, 0.1) is 22.0 Å². The van der Waals surface area contributed by atoms with Gasteiger partial charge in [0.1, 0.15) is 5.75 Å². The van der Waals surface area contributed by atoms with Crippen molar-refractivity contribution in [3.8, 4) is 5.75 Å². The highest BCUT2D eigenvalue weighted by molar-refractivity contribution is 5.83. The van der Waals surface area contributed by atoms with Gasteiger partial charge in [-0.2, -0.15) is 0 Å². The molecule has 2 bridgehead atoms. The van der Waals surface area contributed by atoms with Crippen LogP contribution >= 0.6 is 0 Å². The fourth-order valence-corrected chi connectivity index (χ4v) is 7.54. The Morgan fingerprint density at radius 1 is 1.12 bits per heavy atom. The van der Waals surface area contributed by atoms with E-state index in [1.807, 2.05) is 41.0 Å². The van der Waals surface area contributed by atoms with Crippen LogP contribution in [0.1, 0.15) is 30.0 Å². The van der Waals surface area contributed by atoms with Crippen molar-refractivity contribution in [3.63, 3.8) is 0 Å². The number of ether oxygens (including phenoxy) is 1. The topological polar surface area (TPSA) is 112 Å². The number of anilines is 1. The zero-order chi connectivity index (χ0) is 29.0. The molecule has 42 heavy (non-hydrogen) atoms. The average Bonchev–Trinajstić information content (AvgIpc) is 3.41. The lowest BCUT2D eigenvalue weighted by atomic mass is 9.70. The summed E-state index contributed by atoms with van der Waals surface area (Å²) in [7, 11) is 1.66. The van der Waals surface area contributed by atoms with E-state index in [4.69, 9.17) is 4.74 Å². The fraction of sp³-hybridized carbons (Fsp3) is 0.375. The molecule has 4 aromatic rings. The molecule has 0 aliphatic carbocycles. The van der Waals surface area contributed by atoms with Crippen molar-refractivity contribution in [3.05, 3.63) is 98.6 Å². The molecule has 2 aromatic heterocycles. The molecule has 216 valence electrons. The molecule has 7 rings (SSSR count). The molecule has 0 radical (unpaired) electrons. The summed E-state index contributed by atoms with van der Waals surface area (Å²) >= 11 is 0. The van der Waals surface area contributed by atoms with Gasteiger partial charge in [0.05, 0.1) is 18.0 Å². The lowest BCUT2D eigenvalue weighted by molar-refractivity contribution is -0.384. The maximum Gasteiger partial charge on any atom is 0.269 e. The van der Waals surface area contributed by atoms with Gasteiger partial charge in [-0.25, -0.2) is 0 Å². The van der Waals surface area contributed by atoms with E-state index in [0.29, 0.717) is 26.1 Å². The largest absolute Gasteiger partial charge is 0.497 e. The molecular formula is C32H33N5O5. The summed E-state index contributed by atoms with van der Waals surface area (Å²) < 4.78 is 9.39. The number of pyridine rings is 1. The highest BCUT2D eigenvalue weighted by atomic mass is 16.6. The maximum absolute atomic E-state index is 13.8. The summed E-state index contributed by atoms with van der Waals surface area (Å²) in [6, 6.07) is 18.4. The van der Waals surface area contributed by atoms with Crippen LogP contribution in [0.25, 0.3) is 10.9 Å². The van der Waals surface area contributed by atoms with Crippen molar-refractivity contribution in [2.45, 2.75) is 44.3 Å². The number of piperidine rings is 1. The molecule has 3 aliphatic rings. The Balaban J connectivity index is 1.12. The number of aromatic nitrogens is 2. The van der Waals surface area contributed by atoms with Gasteiger partial charge >= 0.3 is 0 Å². The van der Waals surface area contributed by atoms with Gasteiger partial charge in [0, 0.05) is 84.8 Å². The van der Waals surface area contributed by atoms with E-state index in [9.17, 15) is 19.7 Å². The standard InChI is InChI=1S/C32H33N5O5/c1-42-25-7-9-27-20(16-25)10-13-34(27)12-3-11-33-32(39)26-17-21-15-24(37(40)41)6-8-29(21)36-18-22-14-23(31(26)36)19-35-28(22)4-2-5-30(35)38/h2,4-10,13,15-16,22-23,26,31H,3,11-12,14,17-19H2,1H3,(H,33,39)/t22-,23+,26-,31+/m1/s1. The van der Waals surface area contributed by atoms with E-state index >= 15 is 0 Å². The Morgan fingerprint density at radius 3 is 2.83 bits per heavy atom. The van der Waals surface area contributed by atoms with Crippen molar-refractivity contribution in [2.75, 3.05) is 25.1 Å². The lowest BCUT2D eigenvalue weighted by Crippen LogP contribution is -2.61. The predicted molar refractivity (Wildman–Crippen MR) is 159 cm³/mol. The molecular weight excluding hydrogens is 534 g/mol. The van der Waals surface area contributed by atoms with E-state index in [0.717, 1.165) is 53.0 Å². The maximum atomic E-state index is 13.8. The van der Waals surface area contributed by atoms with Crippen LogP contribution in [0.3, 0.4) is 0 Å². The minimum absolute atomic E-state index is 0.000495.